The van der Waals surface area contributed by atoms with Crippen LogP contribution >= 0.6 is 11.3 Å². The molecule has 0 atom stereocenters. The molecule has 2 saturated heterocycles. The van der Waals surface area contributed by atoms with Crippen molar-refractivity contribution in [2.75, 3.05) is 39.3 Å². The summed E-state index contributed by atoms with van der Waals surface area (Å²) in [4.78, 5) is 33.4. The second-order valence-electron chi connectivity index (χ2n) is 8.97. The van der Waals surface area contributed by atoms with Crippen molar-refractivity contribution in [2.45, 2.75) is 64.4 Å². The Bertz CT molecular complexity index is 686. The molecule has 3 rings (SSSR count). The zero-order valence-corrected chi connectivity index (χ0v) is 18.7. The van der Waals surface area contributed by atoms with Gasteiger partial charge in [-0.3, -0.25) is 4.79 Å². The summed E-state index contributed by atoms with van der Waals surface area (Å²) >= 11 is 1.55. The van der Waals surface area contributed by atoms with E-state index in [9.17, 15) is 9.59 Å². The zero-order chi connectivity index (χ0) is 20.9. The molecule has 2 aliphatic rings. The van der Waals surface area contributed by atoms with Crippen molar-refractivity contribution in [3.63, 3.8) is 0 Å². The summed E-state index contributed by atoms with van der Waals surface area (Å²) in [6.45, 7) is 10.8. The first-order valence-corrected chi connectivity index (χ1v) is 11.6. The number of nitrogens with one attached hydrogen (secondary N) is 1. The van der Waals surface area contributed by atoms with Gasteiger partial charge < -0.3 is 19.9 Å². The van der Waals surface area contributed by atoms with Gasteiger partial charge in [0.1, 0.15) is 11.3 Å². The van der Waals surface area contributed by atoms with Crippen LogP contribution in [0.5, 0.6) is 0 Å². The number of carbonyl (C=O) groups excluding carboxylic acids is 2. The highest BCUT2D eigenvalue weighted by Gasteiger charge is 2.29. The van der Waals surface area contributed by atoms with Crippen molar-refractivity contribution in [2.24, 2.45) is 0 Å². The molecule has 7 nitrogen and oxygen atoms in total. The molecule has 0 radical (unpaired) electrons. The lowest BCUT2D eigenvalue weighted by Crippen LogP contribution is -2.41. The molecular weight excluding hydrogens is 388 g/mol. The van der Waals surface area contributed by atoms with Gasteiger partial charge in [0.05, 0.1) is 5.01 Å². The number of rotatable bonds is 5. The molecule has 3 heterocycles. The van der Waals surface area contributed by atoms with Gasteiger partial charge in [0.25, 0.3) is 5.91 Å². The highest BCUT2D eigenvalue weighted by atomic mass is 32.1. The SMILES string of the molecule is CC(C)(C)OC(=O)N1CCC(c2nc(C(=O)NCCN3CCCCC3)cs2)CC1. The van der Waals surface area contributed by atoms with E-state index in [0.29, 0.717) is 31.2 Å². The highest BCUT2D eigenvalue weighted by Crippen LogP contribution is 2.30. The largest absolute Gasteiger partial charge is 0.444 e. The first-order valence-electron chi connectivity index (χ1n) is 10.8. The van der Waals surface area contributed by atoms with E-state index in [1.165, 1.54) is 19.3 Å². The van der Waals surface area contributed by atoms with Gasteiger partial charge in [-0.25, -0.2) is 9.78 Å². The standard InChI is InChI=1S/C21H34N4O3S/c1-21(2,3)28-20(27)25-12-7-16(8-13-25)19-23-17(15-29-19)18(26)22-9-14-24-10-5-4-6-11-24/h15-16H,4-14H2,1-3H3,(H,22,26). The summed E-state index contributed by atoms with van der Waals surface area (Å²) in [7, 11) is 0. The summed E-state index contributed by atoms with van der Waals surface area (Å²) < 4.78 is 5.45. The van der Waals surface area contributed by atoms with Crippen LogP contribution < -0.4 is 5.32 Å². The average molecular weight is 423 g/mol. The van der Waals surface area contributed by atoms with Crippen molar-refractivity contribution in [1.29, 1.82) is 0 Å². The number of carbonyl (C=O) groups is 2. The Morgan fingerprint density at radius 1 is 1.17 bits per heavy atom. The van der Waals surface area contributed by atoms with Crippen LogP contribution in [0.15, 0.2) is 5.38 Å². The van der Waals surface area contributed by atoms with Gasteiger partial charge in [0, 0.05) is 37.5 Å². The number of thiazole rings is 1. The second kappa shape index (κ2) is 9.89. The van der Waals surface area contributed by atoms with Crippen molar-refractivity contribution in [3.05, 3.63) is 16.1 Å². The van der Waals surface area contributed by atoms with E-state index in [2.05, 4.69) is 15.2 Å². The minimum absolute atomic E-state index is 0.0873. The van der Waals surface area contributed by atoms with Gasteiger partial charge in [0.15, 0.2) is 0 Å². The maximum Gasteiger partial charge on any atom is 0.410 e. The third kappa shape index (κ3) is 6.67. The molecule has 0 aromatic carbocycles. The van der Waals surface area contributed by atoms with Crippen LogP contribution in [0.4, 0.5) is 4.79 Å². The van der Waals surface area contributed by atoms with Gasteiger partial charge in [-0.2, -0.15) is 0 Å². The molecule has 2 amide bonds. The van der Waals surface area contributed by atoms with E-state index in [1.54, 1.807) is 16.2 Å². The third-order valence-electron chi connectivity index (χ3n) is 5.41. The lowest BCUT2D eigenvalue weighted by Gasteiger charge is -2.32. The number of hydrogen-bond acceptors (Lipinski definition) is 6. The quantitative estimate of drug-likeness (QED) is 0.786. The van der Waals surface area contributed by atoms with Crippen molar-refractivity contribution in [3.8, 4) is 0 Å². The van der Waals surface area contributed by atoms with Crippen molar-refractivity contribution >= 4 is 23.3 Å². The lowest BCUT2D eigenvalue weighted by molar-refractivity contribution is 0.0205. The lowest BCUT2D eigenvalue weighted by atomic mass is 9.98. The molecule has 0 spiro atoms. The van der Waals surface area contributed by atoms with E-state index >= 15 is 0 Å². The average Bonchev–Trinajstić information content (AvgIpc) is 3.18. The van der Waals surface area contributed by atoms with Gasteiger partial charge in [0.2, 0.25) is 0 Å². The van der Waals surface area contributed by atoms with Crippen LogP contribution in [0.25, 0.3) is 0 Å². The number of amides is 2. The van der Waals surface area contributed by atoms with Crippen molar-refractivity contribution in [1.82, 2.24) is 20.1 Å². The maximum absolute atomic E-state index is 12.4. The highest BCUT2D eigenvalue weighted by molar-refractivity contribution is 7.09. The molecular formula is C21H34N4O3S. The Labute approximate surface area is 177 Å². The minimum Gasteiger partial charge on any atom is -0.444 e. The van der Waals surface area contributed by atoms with Crippen LogP contribution in [0.1, 0.15) is 74.3 Å². The molecule has 162 valence electrons. The number of hydrogen-bond donors (Lipinski definition) is 1. The maximum atomic E-state index is 12.4. The third-order valence-corrected chi connectivity index (χ3v) is 6.42. The predicted molar refractivity (Wildman–Crippen MR) is 115 cm³/mol. The smallest absolute Gasteiger partial charge is 0.410 e. The molecule has 0 bridgehead atoms. The summed E-state index contributed by atoms with van der Waals surface area (Å²) in [5.41, 5.74) is 0.0395. The molecule has 1 aromatic rings. The normalized spacial score (nSPS) is 19.2. The summed E-state index contributed by atoms with van der Waals surface area (Å²) in [5.74, 6) is 0.212. The Balaban J connectivity index is 1.42. The number of piperidine rings is 2. The molecule has 8 heteroatoms. The zero-order valence-electron chi connectivity index (χ0n) is 17.9. The summed E-state index contributed by atoms with van der Waals surface area (Å²) in [6, 6.07) is 0. The summed E-state index contributed by atoms with van der Waals surface area (Å²) in [6.07, 6.45) is 5.29. The first kappa shape index (κ1) is 22.0. The van der Waals surface area contributed by atoms with Crippen LogP contribution in [0.3, 0.4) is 0 Å². The fourth-order valence-corrected chi connectivity index (χ4v) is 4.79. The monoisotopic (exact) mass is 422 g/mol. The number of nitrogens with zero attached hydrogens (tertiary/aromatic N) is 3. The van der Waals surface area contributed by atoms with Gasteiger partial charge in [-0.1, -0.05) is 6.42 Å². The Kier molecular flexibility index (Phi) is 7.51. The predicted octanol–water partition coefficient (Wildman–Crippen LogP) is 3.47. The Morgan fingerprint density at radius 2 is 1.86 bits per heavy atom. The number of likely N-dealkylation sites (tertiary alicyclic amines) is 2. The fourth-order valence-electron chi connectivity index (χ4n) is 3.82. The Morgan fingerprint density at radius 3 is 2.52 bits per heavy atom. The number of ether oxygens (including phenoxy) is 1. The van der Waals surface area contributed by atoms with Gasteiger partial charge in [-0.05, 0) is 59.5 Å². The van der Waals surface area contributed by atoms with Crippen molar-refractivity contribution < 1.29 is 14.3 Å². The van der Waals surface area contributed by atoms with Crippen LogP contribution in [0.2, 0.25) is 0 Å². The van der Waals surface area contributed by atoms with E-state index < -0.39 is 5.60 Å². The Hall–Kier alpha value is -1.67. The molecule has 2 fully saturated rings. The second-order valence-corrected chi connectivity index (χ2v) is 9.86. The molecule has 1 aromatic heterocycles. The van der Waals surface area contributed by atoms with E-state index in [0.717, 1.165) is 37.5 Å². The summed E-state index contributed by atoms with van der Waals surface area (Å²) in [5, 5.41) is 5.85. The molecule has 0 saturated carbocycles. The molecule has 0 unspecified atom stereocenters. The first-order chi connectivity index (χ1) is 13.8. The van der Waals surface area contributed by atoms with Gasteiger partial charge in [-0.15, -0.1) is 11.3 Å². The topological polar surface area (TPSA) is 74.8 Å². The molecule has 29 heavy (non-hydrogen) atoms. The van der Waals surface area contributed by atoms with Crippen LogP contribution in [0, 0.1) is 0 Å². The van der Waals surface area contributed by atoms with E-state index in [-0.39, 0.29) is 12.0 Å². The molecule has 2 aliphatic heterocycles. The van der Waals surface area contributed by atoms with Gasteiger partial charge >= 0.3 is 6.09 Å². The number of aromatic nitrogens is 1. The van der Waals surface area contributed by atoms with Crippen LogP contribution in [-0.4, -0.2) is 71.7 Å². The van der Waals surface area contributed by atoms with E-state index in [1.807, 2.05) is 26.2 Å². The molecule has 1 N–H and O–H groups in total. The fraction of sp³-hybridized carbons (Fsp3) is 0.762. The minimum atomic E-state index is -0.473. The van der Waals surface area contributed by atoms with E-state index in [4.69, 9.17) is 4.74 Å². The molecule has 0 aliphatic carbocycles. The van der Waals surface area contributed by atoms with Crippen LogP contribution in [-0.2, 0) is 4.74 Å².